The molecule has 0 spiro atoms. The summed E-state index contributed by atoms with van der Waals surface area (Å²) in [4.78, 5) is 1.49. The van der Waals surface area contributed by atoms with Crippen molar-refractivity contribution in [1.82, 2.24) is 0 Å². The summed E-state index contributed by atoms with van der Waals surface area (Å²) < 4.78 is 0. The van der Waals surface area contributed by atoms with Gasteiger partial charge in [0.25, 0.3) is 0 Å². The fraction of sp³-hybridized carbons (Fsp3) is 0.455. The van der Waals surface area contributed by atoms with Gasteiger partial charge in [-0.3, -0.25) is 0 Å². The predicted octanol–water partition coefficient (Wildman–Crippen LogP) is 3.93. The monoisotopic (exact) mass is 262 g/mol. The first-order valence-electron chi connectivity index (χ1n) is 4.47. The van der Waals surface area contributed by atoms with Crippen LogP contribution in [0.5, 0.6) is 0 Å². The predicted molar refractivity (Wildman–Crippen MR) is 69.9 cm³/mol. The van der Waals surface area contributed by atoms with Crippen LogP contribution in [0.1, 0.15) is 11.1 Å². The molecule has 0 saturated carbocycles. The van der Waals surface area contributed by atoms with Gasteiger partial charge in [-0.25, -0.2) is 7.59 Å². The Kier molecular flexibility index (Phi) is 2.59. The number of rotatable bonds is 1. The van der Waals surface area contributed by atoms with Crippen molar-refractivity contribution in [3.05, 3.63) is 29.3 Å². The molecule has 0 fully saturated rings. The number of halogens is 1. The molecule has 0 atom stereocenters. The van der Waals surface area contributed by atoms with Gasteiger partial charge in [-0.1, -0.05) is 17.7 Å². The van der Waals surface area contributed by atoms with E-state index in [-0.39, 0.29) is 0 Å². The molecule has 0 nitrogen and oxygen atoms in total. The Morgan fingerprint density at radius 3 is 2.00 bits per heavy atom. The van der Waals surface area contributed by atoms with Gasteiger partial charge in [-0.05, 0) is 64.0 Å². The van der Waals surface area contributed by atoms with Crippen molar-refractivity contribution in [1.29, 1.82) is 0 Å². The maximum atomic E-state index is 3.91. The standard InChI is InChI=1S/C11H19BrS/c1-9-6-7-10(2)11(8-9)13(3,4,5)12/h6-8,13H,1-5H3. The van der Waals surface area contributed by atoms with Crippen molar-refractivity contribution in [2.24, 2.45) is 0 Å². The molecule has 0 N–H and O–H groups in total. The number of hydrogen-bond acceptors (Lipinski definition) is 0. The summed E-state index contributed by atoms with van der Waals surface area (Å²) in [5.41, 5.74) is 2.74. The van der Waals surface area contributed by atoms with Gasteiger partial charge in [0, 0.05) is 0 Å². The molecule has 2 heteroatoms. The average Bonchev–Trinajstić information content (AvgIpc) is 1.90. The summed E-state index contributed by atoms with van der Waals surface area (Å²) in [6, 6.07) is 6.69. The van der Waals surface area contributed by atoms with Crippen LogP contribution in [0.15, 0.2) is 23.1 Å². The van der Waals surface area contributed by atoms with Gasteiger partial charge in [0.05, 0.1) is 0 Å². The molecule has 0 bridgehead atoms. The Labute approximate surface area is 89.2 Å². The molecular weight excluding hydrogens is 244 g/mol. The van der Waals surface area contributed by atoms with Crippen LogP contribution in [0.25, 0.3) is 0 Å². The first-order chi connectivity index (χ1) is 5.67. The van der Waals surface area contributed by atoms with Gasteiger partial charge in [-0.15, -0.1) is 0 Å². The summed E-state index contributed by atoms with van der Waals surface area (Å²) >= 11 is 3.91. The molecule has 0 aromatic heterocycles. The molecule has 0 heterocycles. The fourth-order valence-corrected chi connectivity index (χ4v) is 4.59. The third-order valence-corrected chi connectivity index (χ3v) is 5.43. The Balaban J connectivity index is 3.38. The Bertz CT molecular complexity index is 324. The lowest BCUT2D eigenvalue weighted by molar-refractivity contribution is 1.25. The average molecular weight is 263 g/mol. The first-order valence-corrected chi connectivity index (χ1v) is 10.1. The highest BCUT2D eigenvalue weighted by atomic mass is 79.9. The van der Waals surface area contributed by atoms with E-state index in [4.69, 9.17) is 0 Å². The van der Waals surface area contributed by atoms with Crippen molar-refractivity contribution in [3.63, 3.8) is 0 Å². The van der Waals surface area contributed by atoms with Gasteiger partial charge in [-0.2, -0.15) is 0 Å². The van der Waals surface area contributed by atoms with Crippen molar-refractivity contribution < 1.29 is 0 Å². The smallest absolute Gasteiger partial charge is 0.0137 e. The lowest BCUT2D eigenvalue weighted by Crippen LogP contribution is -2.06. The third kappa shape index (κ3) is 2.75. The van der Waals surface area contributed by atoms with Crippen LogP contribution in [-0.2, 0) is 0 Å². The van der Waals surface area contributed by atoms with E-state index in [9.17, 15) is 0 Å². The largest absolute Gasteiger partial charge is 0.224 e. The molecule has 76 valence electrons. The maximum Gasteiger partial charge on any atom is -0.0137 e. The second-order valence-corrected chi connectivity index (χ2v) is 18.0. The Morgan fingerprint density at radius 2 is 1.62 bits per heavy atom. The molecule has 0 amide bonds. The maximum absolute atomic E-state index is 3.91. The van der Waals surface area contributed by atoms with Crippen molar-refractivity contribution in [2.75, 3.05) is 18.8 Å². The summed E-state index contributed by atoms with van der Waals surface area (Å²) in [5.74, 6) is 0. The van der Waals surface area contributed by atoms with E-state index in [1.807, 2.05) is 0 Å². The van der Waals surface area contributed by atoms with Gasteiger partial charge in [0.2, 0.25) is 0 Å². The molecule has 0 radical (unpaired) electrons. The minimum absolute atomic E-state index is 1.35. The van der Waals surface area contributed by atoms with E-state index in [0.29, 0.717) is 0 Å². The zero-order valence-electron chi connectivity index (χ0n) is 9.06. The second-order valence-electron chi connectivity index (χ2n) is 4.89. The lowest BCUT2D eigenvalue weighted by atomic mass is 10.2. The fourth-order valence-electron chi connectivity index (χ4n) is 1.53. The van der Waals surface area contributed by atoms with Gasteiger partial charge < -0.3 is 0 Å². The van der Waals surface area contributed by atoms with Crippen LogP contribution < -0.4 is 0 Å². The van der Waals surface area contributed by atoms with Crippen LogP contribution >= 0.6 is 22.4 Å². The van der Waals surface area contributed by atoms with Crippen LogP contribution in [0.3, 0.4) is 0 Å². The van der Waals surface area contributed by atoms with Crippen LogP contribution in [0, 0.1) is 13.8 Å². The topological polar surface area (TPSA) is 0 Å². The van der Waals surface area contributed by atoms with E-state index < -0.39 is 7.59 Å². The molecule has 0 saturated heterocycles. The summed E-state index contributed by atoms with van der Waals surface area (Å²) in [6.07, 6.45) is 6.98. The van der Waals surface area contributed by atoms with Crippen molar-refractivity contribution >= 4 is 22.4 Å². The molecule has 0 aliphatic rings. The van der Waals surface area contributed by atoms with E-state index in [1.54, 1.807) is 0 Å². The highest BCUT2D eigenvalue weighted by Gasteiger charge is 2.24. The Hall–Kier alpha value is 0.0500. The summed E-state index contributed by atoms with van der Waals surface area (Å²) in [6.45, 7) is 4.34. The molecule has 1 rings (SSSR count). The highest BCUT2D eigenvalue weighted by Crippen LogP contribution is 2.74. The highest BCUT2D eigenvalue weighted by molar-refractivity contribution is 9.62. The van der Waals surface area contributed by atoms with Crippen LogP contribution in [0.4, 0.5) is 0 Å². The minimum Gasteiger partial charge on any atom is -0.224 e. The van der Waals surface area contributed by atoms with Crippen LogP contribution in [0.2, 0.25) is 0 Å². The number of benzene rings is 1. The zero-order valence-corrected chi connectivity index (χ0v) is 11.5. The van der Waals surface area contributed by atoms with Gasteiger partial charge in [0.15, 0.2) is 0 Å². The molecule has 1 aromatic carbocycles. The van der Waals surface area contributed by atoms with E-state index in [2.05, 4.69) is 65.6 Å². The second kappa shape index (κ2) is 3.03. The molecule has 13 heavy (non-hydrogen) atoms. The lowest BCUT2D eigenvalue weighted by Gasteiger charge is -2.46. The minimum atomic E-state index is -1.76. The van der Waals surface area contributed by atoms with Gasteiger partial charge in [0.1, 0.15) is 0 Å². The van der Waals surface area contributed by atoms with Gasteiger partial charge >= 0.3 is 0 Å². The number of thiol groups is 1. The molecule has 0 unspecified atom stereocenters. The summed E-state index contributed by atoms with van der Waals surface area (Å²) in [7, 11) is -1.76. The summed E-state index contributed by atoms with van der Waals surface area (Å²) in [5, 5.41) is 0. The van der Waals surface area contributed by atoms with Crippen LogP contribution in [-0.4, -0.2) is 18.8 Å². The number of hydrogen-bond donors (Lipinski definition) is 1. The first kappa shape index (κ1) is 11.1. The Morgan fingerprint density at radius 1 is 1.08 bits per heavy atom. The SMILES string of the molecule is Cc1ccc(C)c([SH](C)(C)(C)Br)c1. The molecule has 0 aliphatic carbocycles. The third-order valence-electron chi connectivity index (χ3n) is 2.18. The normalized spacial score (nSPS) is 15.1. The van der Waals surface area contributed by atoms with E-state index in [1.165, 1.54) is 16.0 Å². The molecular formula is C11H19BrS. The number of aryl methyl sites for hydroxylation is 2. The molecule has 0 aliphatic heterocycles. The van der Waals surface area contributed by atoms with E-state index in [0.717, 1.165) is 0 Å². The molecule has 1 aromatic rings. The van der Waals surface area contributed by atoms with Crippen molar-refractivity contribution in [3.8, 4) is 0 Å². The van der Waals surface area contributed by atoms with Crippen molar-refractivity contribution in [2.45, 2.75) is 18.7 Å². The quantitative estimate of drug-likeness (QED) is 0.729. The van der Waals surface area contributed by atoms with E-state index >= 15 is 0 Å². The zero-order chi connectivity index (χ0) is 10.3.